The number of pyridine rings is 1. The van der Waals surface area contributed by atoms with Crippen molar-refractivity contribution < 1.29 is 13.9 Å². The summed E-state index contributed by atoms with van der Waals surface area (Å²) in [4.78, 5) is 21.0. The van der Waals surface area contributed by atoms with Gasteiger partial charge in [0.05, 0.1) is 5.56 Å². The van der Waals surface area contributed by atoms with E-state index in [1.54, 1.807) is 61.8 Å². The Bertz CT molecular complexity index is 1210. The third-order valence-electron chi connectivity index (χ3n) is 4.26. The van der Waals surface area contributed by atoms with Gasteiger partial charge in [0.15, 0.2) is 11.7 Å². The molecule has 1 atom stereocenters. The van der Waals surface area contributed by atoms with Gasteiger partial charge in [-0.2, -0.15) is 5.26 Å². The van der Waals surface area contributed by atoms with E-state index >= 15 is 0 Å². The average Bonchev–Trinajstić information content (AvgIpc) is 3.18. The van der Waals surface area contributed by atoms with Crippen LogP contribution in [-0.4, -0.2) is 22.0 Å². The summed E-state index contributed by atoms with van der Waals surface area (Å²) in [6.45, 7) is 1.62. The molecule has 7 nitrogen and oxygen atoms in total. The van der Waals surface area contributed by atoms with Gasteiger partial charge in [0.1, 0.15) is 17.3 Å². The van der Waals surface area contributed by atoms with Gasteiger partial charge in [-0.15, -0.1) is 0 Å². The Kier molecular flexibility index (Phi) is 4.91. The summed E-state index contributed by atoms with van der Waals surface area (Å²) in [5.74, 6) is 0.511. The number of nitrogens with one attached hydrogen (secondary N) is 1. The summed E-state index contributed by atoms with van der Waals surface area (Å²) >= 11 is 0. The summed E-state index contributed by atoms with van der Waals surface area (Å²) in [5.41, 5.74) is 3.00. The second-order valence-corrected chi connectivity index (χ2v) is 6.29. The fourth-order valence-corrected chi connectivity index (χ4v) is 2.77. The molecule has 4 rings (SSSR count). The van der Waals surface area contributed by atoms with Crippen LogP contribution in [-0.2, 0) is 4.79 Å². The number of hydrogen-bond donors (Lipinski definition) is 1. The number of para-hydroxylation sites is 1. The predicted octanol–water partition coefficient (Wildman–Crippen LogP) is 4.17. The maximum atomic E-state index is 12.5. The van der Waals surface area contributed by atoms with Crippen LogP contribution in [0, 0.1) is 11.3 Å². The summed E-state index contributed by atoms with van der Waals surface area (Å²) in [6, 6.07) is 17.7. The number of anilines is 1. The lowest BCUT2D eigenvalue weighted by Crippen LogP contribution is -2.30. The number of nitriles is 1. The molecule has 7 heteroatoms. The number of benzene rings is 2. The maximum Gasteiger partial charge on any atom is 0.265 e. The van der Waals surface area contributed by atoms with Gasteiger partial charge < -0.3 is 14.5 Å². The third-order valence-corrected chi connectivity index (χ3v) is 4.26. The number of ether oxygens (including phenoxy) is 1. The lowest BCUT2D eigenvalue weighted by molar-refractivity contribution is -0.122. The highest BCUT2D eigenvalue weighted by Gasteiger charge is 2.17. The van der Waals surface area contributed by atoms with E-state index < -0.39 is 6.10 Å². The molecule has 0 spiro atoms. The van der Waals surface area contributed by atoms with Gasteiger partial charge >= 0.3 is 0 Å². The number of hydrogen-bond acceptors (Lipinski definition) is 6. The lowest BCUT2D eigenvalue weighted by Gasteiger charge is -2.15. The van der Waals surface area contributed by atoms with E-state index in [0.717, 1.165) is 5.56 Å². The number of carbonyl (C=O) groups excluding carboxylic acids is 1. The highest BCUT2D eigenvalue weighted by molar-refractivity contribution is 5.95. The molecule has 0 unspecified atom stereocenters. The summed E-state index contributed by atoms with van der Waals surface area (Å²) in [7, 11) is 0. The third kappa shape index (κ3) is 3.92. The van der Waals surface area contributed by atoms with Crippen molar-refractivity contribution in [2.45, 2.75) is 13.0 Å². The minimum Gasteiger partial charge on any atom is -0.480 e. The summed E-state index contributed by atoms with van der Waals surface area (Å²) < 4.78 is 11.4. The fraction of sp³-hybridized carbons (Fsp3) is 0.0909. The first-order chi connectivity index (χ1) is 14.1. The van der Waals surface area contributed by atoms with Crippen molar-refractivity contribution in [1.82, 2.24) is 9.97 Å². The number of rotatable bonds is 5. The van der Waals surface area contributed by atoms with Crippen LogP contribution in [0.15, 0.2) is 71.4 Å². The molecule has 142 valence electrons. The second kappa shape index (κ2) is 7.82. The van der Waals surface area contributed by atoms with Gasteiger partial charge in [0.2, 0.25) is 5.89 Å². The maximum absolute atomic E-state index is 12.5. The molecule has 1 N–H and O–H groups in total. The monoisotopic (exact) mass is 384 g/mol. The Morgan fingerprint density at radius 3 is 2.76 bits per heavy atom. The minimum atomic E-state index is -0.787. The largest absolute Gasteiger partial charge is 0.480 e. The van der Waals surface area contributed by atoms with Gasteiger partial charge in [-0.3, -0.25) is 9.78 Å². The Hall–Kier alpha value is -4.18. The molecule has 0 radical (unpaired) electrons. The first kappa shape index (κ1) is 18.2. The first-order valence-corrected chi connectivity index (χ1v) is 8.91. The van der Waals surface area contributed by atoms with Crippen LogP contribution in [0.4, 0.5) is 5.69 Å². The molecule has 0 aliphatic carbocycles. The van der Waals surface area contributed by atoms with Gasteiger partial charge in [0.25, 0.3) is 5.91 Å². The van der Waals surface area contributed by atoms with Crippen LogP contribution in [0.3, 0.4) is 0 Å². The molecule has 1 amide bonds. The number of fused-ring (bicyclic) bond motifs is 1. The van der Waals surface area contributed by atoms with E-state index in [0.29, 0.717) is 34.0 Å². The van der Waals surface area contributed by atoms with Crippen LogP contribution in [0.2, 0.25) is 0 Å². The topological polar surface area (TPSA) is 101 Å². The molecule has 0 bridgehead atoms. The molecule has 2 heterocycles. The molecule has 0 fully saturated rings. The van der Waals surface area contributed by atoms with E-state index in [1.807, 2.05) is 18.2 Å². The van der Waals surface area contributed by atoms with Gasteiger partial charge in [-0.1, -0.05) is 12.1 Å². The standard InChI is InChI=1S/C22H16N4O3/c1-14(28-19-5-3-2-4-16(19)13-23)21(27)25-17-6-7-20-18(12-17)26-22(29-20)15-8-10-24-11-9-15/h2-12,14H,1H3,(H,25,27)/t14-/m0/s1. The number of carbonyl (C=O) groups is 1. The highest BCUT2D eigenvalue weighted by Crippen LogP contribution is 2.26. The Morgan fingerprint density at radius 1 is 1.17 bits per heavy atom. The van der Waals surface area contributed by atoms with E-state index in [1.165, 1.54) is 0 Å². The Morgan fingerprint density at radius 2 is 1.97 bits per heavy atom. The van der Waals surface area contributed by atoms with Crippen molar-refractivity contribution in [2.24, 2.45) is 0 Å². The molecule has 0 aliphatic heterocycles. The smallest absolute Gasteiger partial charge is 0.265 e. The normalized spacial score (nSPS) is 11.6. The van der Waals surface area contributed by atoms with Crippen molar-refractivity contribution in [3.05, 3.63) is 72.6 Å². The SMILES string of the molecule is C[C@H](Oc1ccccc1C#N)C(=O)Nc1ccc2oc(-c3ccncc3)nc2c1. The number of nitrogens with zero attached hydrogens (tertiary/aromatic N) is 3. The zero-order valence-corrected chi connectivity index (χ0v) is 15.5. The van der Waals surface area contributed by atoms with E-state index in [-0.39, 0.29) is 5.91 Å². The molecular formula is C22H16N4O3. The van der Waals surface area contributed by atoms with E-state index in [4.69, 9.17) is 14.4 Å². The van der Waals surface area contributed by atoms with Crippen molar-refractivity contribution in [3.8, 4) is 23.3 Å². The quantitative estimate of drug-likeness (QED) is 0.554. The van der Waals surface area contributed by atoms with Gasteiger partial charge in [-0.25, -0.2) is 4.98 Å². The predicted molar refractivity (Wildman–Crippen MR) is 107 cm³/mol. The number of aromatic nitrogens is 2. The van der Waals surface area contributed by atoms with Crippen LogP contribution in [0.25, 0.3) is 22.6 Å². The molecule has 2 aromatic heterocycles. The van der Waals surface area contributed by atoms with Crippen LogP contribution in [0.5, 0.6) is 5.75 Å². The van der Waals surface area contributed by atoms with Crippen LogP contribution < -0.4 is 10.1 Å². The molecule has 0 aliphatic rings. The van der Waals surface area contributed by atoms with Crippen molar-refractivity contribution in [3.63, 3.8) is 0 Å². The fourth-order valence-electron chi connectivity index (χ4n) is 2.77. The van der Waals surface area contributed by atoms with Gasteiger partial charge in [0, 0.05) is 23.6 Å². The highest BCUT2D eigenvalue weighted by atomic mass is 16.5. The zero-order valence-electron chi connectivity index (χ0n) is 15.5. The van der Waals surface area contributed by atoms with Crippen molar-refractivity contribution in [1.29, 1.82) is 5.26 Å². The molecular weight excluding hydrogens is 368 g/mol. The van der Waals surface area contributed by atoms with E-state index in [9.17, 15) is 4.79 Å². The second-order valence-electron chi connectivity index (χ2n) is 6.29. The molecule has 29 heavy (non-hydrogen) atoms. The molecule has 4 aromatic rings. The van der Waals surface area contributed by atoms with Crippen LogP contribution >= 0.6 is 0 Å². The summed E-state index contributed by atoms with van der Waals surface area (Å²) in [5, 5.41) is 11.9. The average molecular weight is 384 g/mol. The van der Waals surface area contributed by atoms with Crippen molar-refractivity contribution >= 4 is 22.7 Å². The van der Waals surface area contributed by atoms with Gasteiger partial charge in [-0.05, 0) is 49.4 Å². The zero-order chi connectivity index (χ0) is 20.2. The Balaban J connectivity index is 1.50. The Labute approximate surface area is 166 Å². The number of amides is 1. The summed E-state index contributed by atoms with van der Waals surface area (Å²) in [6.07, 6.45) is 2.55. The molecule has 2 aromatic carbocycles. The van der Waals surface area contributed by atoms with E-state index in [2.05, 4.69) is 15.3 Å². The van der Waals surface area contributed by atoms with Crippen LogP contribution in [0.1, 0.15) is 12.5 Å². The first-order valence-electron chi connectivity index (χ1n) is 8.91. The van der Waals surface area contributed by atoms with Crippen molar-refractivity contribution in [2.75, 3.05) is 5.32 Å². The molecule has 0 saturated heterocycles. The number of oxazole rings is 1. The lowest BCUT2D eigenvalue weighted by atomic mass is 10.2. The molecule has 0 saturated carbocycles. The minimum absolute atomic E-state index is 0.338.